The van der Waals surface area contributed by atoms with E-state index >= 15 is 0 Å². The zero-order chi connectivity index (χ0) is 11.4. The monoisotopic (exact) mass is 240 g/mol. The van der Waals surface area contributed by atoms with Crippen molar-refractivity contribution in [1.82, 2.24) is 9.88 Å². The Morgan fingerprint density at radius 3 is 2.75 bits per heavy atom. The lowest BCUT2D eigenvalue weighted by Gasteiger charge is -2.21. The van der Waals surface area contributed by atoms with Crippen LogP contribution in [0.1, 0.15) is 37.8 Å². The molecule has 1 fully saturated rings. The molecule has 0 bridgehead atoms. The van der Waals surface area contributed by atoms with Crippen LogP contribution in [0, 0.1) is 5.92 Å². The third-order valence-electron chi connectivity index (χ3n) is 3.54. The Morgan fingerprint density at radius 2 is 2.12 bits per heavy atom. The summed E-state index contributed by atoms with van der Waals surface area (Å²) in [5, 5.41) is 4.38. The normalized spacial score (nSPS) is 17.9. The molecule has 0 radical (unpaired) electrons. The van der Waals surface area contributed by atoms with E-state index in [9.17, 15) is 0 Å². The fourth-order valence-corrected chi connectivity index (χ4v) is 2.81. The van der Waals surface area contributed by atoms with Crippen LogP contribution in [0.3, 0.4) is 0 Å². The average Bonchev–Trinajstić information content (AvgIpc) is 2.59. The molecule has 1 heterocycles. The smallest absolute Gasteiger partial charge is 0.0585 e. The molecule has 0 aliphatic heterocycles. The summed E-state index contributed by atoms with van der Waals surface area (Å²) >= 11 is 5.94. The summed E-state index contributed by atoms with van der Waals surface area (Å²) in [6.45, 7) is 2.09. The van der Waals surface area contributed by atoms with E-state index in [2.05, 4.69) is 9.88 Å². The molecule has 1 aliphatic rings. The Labute approximate surface area is 103 Å². The average molecular weight is 241 g/mol. The molecule has 1 saturated carbocycles. The van der Waals surface area contributed by atoms with Crippen molar-refractivity contribution in [3.05, 3.63) is 23.0 Å². The van der Waals surface area contributed by atoms with Crippen LogP contribution in [0.5, 0.6) is 0 Å². The van der Waals surface area contributed by atoms with Gasteiger partial charge in [-0.3, -0.25) is 0 Å². The van der Waals surface area contributed by atoms with Crippen molar-refractivity contribution in [2.24, 2.45) is 13.0 Å². The highest BCUT2D eigenvalue weighted by Gasteiger charge is 2.12. The van der Waals surface area contributed by atoms with E-state index < -0.39 is 0 Å². The third-order valence-corrected chi connectivity index (χ3v) is 3.75. The van der Waals surface area contributed by atoms with Crippen LogP contribution < -0.4 is 5.32 Å². The molecule has 0 unspecified atom stereocenters. The van der Waals surface area contributed by atoms with E-state index in [1.807, 2.05) is 19.3 Å². The molecular formula is C13H21ClN2. The zero-order valence-electron chi connectivity index (χ0n) is 10.0. The Morgan fingerprint density at radius 1 is 1.38 bits per heavy atom. The molecule has 0 atom stereocenters. The summed E-state index contributed by atoms with van der Waals surface area (Å²) in [6, 6.07) is 2.04. The maximum Gasteiger partial charge on any atom is 0.0585 e. The highest BCUT2D eigenvalue weighted by atomic mass is 35.5. The van der Waals surface area contributed by atoms with E-state index in [0.717, 1.165) is 24.0 Å². The van der Waals surface area contributed by atoms with E-state index in [1.165, 1.54) is 37.8 Å². The van der Waals surface area contributed by atoms with Gasteiger partial charge >= 0.3 is 0 Å². The molecule has 1 N–H and O–H groups in total. The number of nitrogens with zero attached hydrogens (tertiary/aromatic N) is 1. The van der Waals surface area contributed by atoms with Gasteiger partial charge in [-0.1, -0.05) is 30.9 Å². The molecule has 1 aromatic rings. The number of nitrogens with one attached hydrogen (secondary N) is 1. The minimum Gasteiger partial charge on any atom is -0.352 e. The van der Waals surface area contributed by atoms with Gasteiger partial charge in [0.2, 0.25) is 0 Å². The van der Waals surface area contributed by atoms with Crippen LogP contribution in [0.25, 0.3) is 0 Å². The van der Waals surface area contributed by atoms with Gasteiger partial charge in [-0.25, -0.2) is 0 Å². The van der Waals surface area contributed by atoms with Gasteiger partial charge in [0.15, 0.2) is 0 Å². The number of aryl methyl sites for hydroxylation is 1. The highest BCUT2D eigenvalue weighted by molar-refractivity contribution is 6.30. The maximum atomic E-state index is 5.94. The number of hydrogen-bond acceptors (Lipinski definition) is 1. The number of rotatable bonds is 4. The van der Waals surface area contributed by atoms with Crippen LogP contribution in [0.4, 0.5) is 0 Å². The molecular weight excluding hydrogens is 220 g/mol. The van der Waals surface area contributed by atoms with Gasteiger partial charge in [-0.15, -0.1) is 0 Å². The highest BCUT2D eigenvalue weighted by Crippen LogP contribution is 2.22. The minimum absolute atomic E-state index is 0.831. The van der Waals surface area contributed by atoms with Crippen molar-refractivity contribution in [2.45, 2.75) is 38.6 Å². The molecule has 0 spiro atoms. The molecule has 1 aliphatic carbocycles. The van der Waals surface area contributed by atoms with Crippen LogP contribution in [0.2, 0.25) is 5.02 Å². The second kappa shape index (κ2) is 5.74. The second-order valence-corrected chi connectivity index (χ2v) is 5.33. The number of hydrogen-bond donors (Lipinski definition) is 1. The molecule has 0 aromatic carbocycles. The first-order chi connectivity index (χ1) is 7.75. The molecule has 90 valence electrons. The number of aromatic nitrogens is 1. The number of halogens is 1. The minimum atomic E-state index is 0.831. The van der Waals surface area contributed by atoms with Crippen molar-refractivity contribution in [1.29, 1.82) is 0 Å². The SMILES string of the molecule is Cn1cc(Cl)cc1CNCC1CCCCC1. The van der Waals surface area contributed by atoms with Gasteiger partial charge in [-0.05, 0) is 31.4 Å². The van der Waals surface area contributed by atoms with Gasteiger partial charge in [-0.2, -0.15) is 0 Å². The van der Waals surface area contributed by atoms with E-state index in [0.29, 0.717) is 0 Å². The van der Waals surface area contributed by atoms with Crippen LogP contribution in [-0.4, -0.2) is 11.1 Å². The first-order valence-electron chi connectivity index (χ1n) is 6.27. The molecule has 0 amide bonds. The quantitative estimate of drug-likeness (QED) is 0.854. The largest absolute Gasteiger partial charge is 0.352 e. The topological polar surface area (TPSA) is 17.0 Å². The molecule has 16 heavy (non-hydrogen) atoms. The Bertz CT molecular complexity index is 327. The van der Waals surface area contributed by atoms with Crippen LogP contribution in [-0.2, 0) is 13.6 Å². The van der Waals surface area contributed by atoms with Gasteiger partial charge in [0.1, 0.15) is 0 Å². The Balaban J connectivity index is 1.73. The predicted molar refractivity (Wildman–Crippen MR) is 68.7 cm³/mol. The molecule has 0 saturated heterocycles. The summed E-state index contributed by atoms with van der Waals surface area (Å²) < 4.78 is 2.09. The summed E-state index contributed by atoms with van der Waals surface area (Å²) in [5.41, 5.74) is 1.26. The lowest BCUT2D eigenvalue weighted by atomic mass is 9.89. The first-order valence-corrected chi connectivity index (χ1v) is 6.65. The summed E-state index contributed by atoms with van der Waals surface area (Å²) in [7, 11) is 2.05. The van der Waals surface area contributed by atoms with Gasteiger partial charge in [0.05, 0.1) is 5.02 Å². The Hall–Kier alpha value is -0.470. The van der Waals surface area contributed by atoms with Crippen molar-refractivity contribution in [2.75, 3.05) is 6.54 Å². The second-order valence-electron chi connectivity index (χ2n) is 4.90. The standard InChI is InChI=1S/C13H21ClN2/c1-16-10-12(14)7-13(16)9-15-8-11-5-3-2-4-6-11/h7,10-11,15H,2-6,8-9H2,1H3. The molecule has 2 nitrogen and oxygen atoms in total. The van der Waals surface area contributed by atoms with Crippen LogP contribution >= 0.6 is 11.6 Å². The van der Waals surface area contributed by atoms with Gasteiger partial charge in [0.25, 0.3) is 0 Å². The first kappa shape index (κ1) is 12.0. The van der Waals surface area contributed by atoms with Gasteiger partial charge < -0.3 is 9.88 Å². The maximum absolute atomic E-state index is 5.94. The summed E-state index contributed by atoms with van der Waals surface area (Å²) in [5.74, 6) is 0.893. The summed E-state index contributed by atoms with van der Waals surface area (Å²) in [6.07, 6.45) is 9.04. The van der Waals surface area contributed by atoms with E-state index in [-0.39, 0.29) is 0 Å². The molecule has 3 heteroatoms. The van der Waals surface area contributed by atoms with Gasteiger partial charge in [0, 0.05) is 25.5 Å². The summed E-state index contributed by atoms with van der Waals surface area (Å²) in [4.78, 5) is 0. The molecule has 1 aromatic heterocycles. The van der Waals surface area contributed by atoms with E-state index in [4.69, 9.17) is 11.6 Å². The van der Waals surface area contributed by atoms with Crippen molar-refractivity contribution in [3.8, 4) is 0 Å². The van der Waals surface area contributed by atoms with Crippen molar-refractivity contribution < 1.29 is 0 Å². The third kappa shape index (κ3) is 3.26. The van der Waals surface area contributed by atoms with Crippen molar-refractivity contribution >= 4 is 11.6 Å². The fourth-order valence-electron chi connectivity index (χ4n) is 2.54. The lowest BCUT2D eigenvalue weighted by molar-refractivity contribution is 0.341. The lowest BCUT2D eigenvalue weighted by Crippen LogP contribution is -2.24. The van der Waals surface area contributed by atoms with Crippen LogP contribution in [0.15, 0.2) is 12.3 Å². The Kier molecular flexibility index (Phi) is 4.30. The van der Waals surface area contributed by atoms with E-state index in [1.54, 1.807) is 0 Å². The predicted octanol–water partition coefficient (Wildman–Crippen LogP) is 3.35. The zero-order valence-corrected chi connectivity index (χ0v) is 10.8. The van der Waals surface area contributed by atoms with Crippen molar-refractivity contribution in [3.63, 3.8) is 0 Å². The fraction of sp³-hybridized carbons (Fsp3) is 0.692. The molecule has 2 rings (SSSR count).